The van der Waals surface area contributed by atoms with Crippen molar-refractivity contribution in [3.05, 3.63) is 102 Å². The van der Waals surface area contributed by atoms with Crippen LogP contribution in [-0.2, 0) is 13.0 Å². The summed E-state index contributed by atoms with van der Waals surface area (Å²) >= 11 is 0. The van der Waals surface area contributed by atoms with E-state index in [1.165, 1.54) is 11.1 Å². The molecule has 0 saturated heterocycles. The van der Waals surface area contributed by atoms with Gasteiger partial charge < -0.3 is 4.90 Å². The van der Waals surface area contributed by atoms with Crippen molar-refractivity contribution in [3.63, 3.8) is 0 Å². The third kappa shape index (κ3) is 3.31. The summed E-state index contributed by atoms with van der Waals surface area (Å²) in [7, 11) is 0. The maximum absolute atomic E-state index is 13.5. The highest BCUT2D eigenvalue weighted by atomic mass is 16.2. The highest BCUT2D eigenvalue weighted by Crippen LogP contribution is 2.27. The number of rotatable bonds is 3. The second-order valence-electron chi connectivity index (χ2n) is 7.16. The van der Waals surface area contributed by atoms with E-state index in [4.69, 9.17) is 5.10 Å². The second kappa shape index (κ2) is 7.36. The molecule has 5 nitrogen and oxygen atoms in total. The summed E-state index contributed by atoms with van der Waals surface area (Å²) in [6.45, 7) is 1.33. The van der Waals surface area contributed by atoms with Crippen molar-refractivity contribution in [3.8, 4) is 16.9 Å². The van der Waals surface area contributed by atoms with Gasteiger partial charge in [0.25, 0.3) is 5.91 Å². The van der Waals surface area contributed by atoms with Crippen LogP contribution in [0.25, 0.3) is 16.9 Å². The van der Waals surface area contributed by atoms with Gasteiger partial charge in [-0.05, 0) is 41.8 Å². The fourth-order valence-electron chi connectivity index (χ4n) is 3.80. The van der Waals surface area contributed by atoms with Gasteiger partial charge in [-0.1, -0.05) is 42.5 Å². The monoisotopic (exact) mass is 380 g/mol. The zero-order valence-electron chi connectivity index (χ0n) is 15.9. The van der Waals surface area contributed by atoms with Gasteiger partial charge in [0.05, 0.1) is 11.3 Å². The highest BCUT2D eigenvalue weighted by Gasteiger charge is 2.26. The molecule has 0 radical (unpaired) electrons. The van der Waals surface area contributed by atoms with Gasteiger partial charge in [-0.3, -0.25) is 9.78 Å². The normalized spacial score (nSPS) is 13.2. The maximum atomic E-state index is 13.5. The van der Waals surface area contributed by atoms with E-state index in [2.05, 4.69) is 23.2 Å². The summed E-state index contributed by atoms with van der Waals surface area (Å²) in [4.78, 5) is 19.6. The lowest BCUT2D eigenvalue weighted by Gasteiger charge is -2.28. The van der Waals surface area contributed by atoms with E-state index in [0.717, 1.165) is 17.7 Å². The van der Waals surface area contributed by atoms with Crippen molar-refractivity contribution in [1.82, 2.24) is 19.7 Å². The minimum absolute atomic E-state index is 0.000497. The molecular formula is C24H20N4O. The van der Waals surface area contributed by atoms with Crippen LogP contribution in [0, 0.1) is 0 Å². The van der Waals surface area contributed by atoms with Crippen LogP contribution in [0.1, 0.15) is 21.5 Å². The summed E-state index contributed by atoms with van der Waals surface area (Å²) in [5.41, 5.74) is 5.55. The third-order valence-corrected chi connectivity index (χ3v) is 5.32. The summed E-state index contributed by atoms with van der Waals surface area (Å²) in [6.07, 6.45) is 6.18. The molecule has 0 aliphatic carbocycles. The van der Waals surface area contributed by atoms with Crippen molar-refractivity contribution in [2.75, 3.05) is 6.54 Å². The molecule has 0 bridgehead atoms. The van der Waals surface area contributed by atoms with E-state index in [-0.39, 0.29) is 5.91 Å². The van der Waals surface area contributed by atoms with Crippen molar-refractivity contribution in [2.24, 2.45) is 0 Å². The van der Waals surface area contributed by atoms with Gasteiger partial charge in [0.15, 0.2) is 0 Å². The number of benzene rings is 2. The number of hydrogen-bond acceptors (Lipinski definition) is 3. The van der Waals surface area contributed by atoms with Gasteiger partial charge in [-0.2, -0.15) is 5.10 Å². The number of amides is 1. The molecule has 0 N–H and O–H groups in total. The Morgan fingerprint density at radius 3 is 2.48 bits per heavy atom. The number of para-hydroxylation sites is 1. The molecule has 5 rings (SSSR count). The average Bonchev–Trinajstić information content (AvgIpc) is 3.25. The van der Waals surface area contributed by atoms with Crippen molar-refractivity contribution < 1.29 is 4.79 Å². The lowest BCUT2D eigenvalue weighted by atomic mass is 9.99. The van der Waals surface area contributed by atoms with Gasteiger partial charge in [0.2, 0.25) is 0 Å². The predicted octanol–water partition coefficient (Wildman–Crippen LogP) is 4.13. The maximum Gasteiger partial charge on any atom is 0.258 e. The van der Waals surface area contributed by atoms with E-state index >= 15 is 0 Å². The summed E-state index contributed by atoms with van der Waals surface area (Å²) in [5.74, 6) is 0.000497. The molecule has 0 saturated carbocycles. The SMILES string of the molecule is O=C(c1cn(-c2ccccc2)nc1-c1cccnc1)N1CCc2ccccc2C1. The van der Waals surface area contributed by atoms with Crippen LogP contribution in [0.3, 0.4) is 0 Å². The van der Waals surface area contributed by atoms with E-state index in [0.29, 0.717) is 24.3 Å². The standard InChI is InChI=1S/C24H20N4O/c29-24(27-14-12-18-7-4-5-8-20(18)16-27)22-17-28(21-10-2-1-3-11-21)26-23(22)19-9-6-13-25-15-19/h1-11,13,15,17H,12,14,16H2. The molecule has 29 heavy (non-hydrogen) atoms. The summed E-state index contributed by atoms with van der Waals surface area (Å²) in [6, 6.07) is 22.0. The van der Waals surface area contributed by atoms with Gasteiger partial charge in [0.1, 0.15) is 5.69 Å². The van der Waals surface area contributed by atoms with Crippen molar-refractivity contribution >= 4 is 5.91 Å². The van der Waals surface area contributed by atoms with E-state index < -0.39 is 0 Å². The zero-order chi connectivity index (χ0) is 19.6. The minimum atomic E-state index is 0.000497. The Kier molecular flexibility index (Phi) is 4.41. The molecule has 1 aliphatic heterocycles. The molecule has 0 spiro atoms. The molecule has 2 aromatic heterocycles. The molecule has 5 heteroatoms. The average molecular weight is 380 g/mol. The molecule has 4 aromatic rings. The fourth-order valence-corrected chi connectivity index (χ4v) is 3.80. The van der Waals surface area contributed by atoms with E-state index in [9.17, 15) is 4.79 Å². The Morgan fingerprint density at radius 1 is 0.897 bits per heavy atom. The van der Waals surface area contributed by atoms with Crippen LogP contribution in [0.2, 0.25) is 0 Å². The topological polar surface area (TPSA) is 51.0 Å². The number of nitrogens with zero attached hydrogens (tertiary/aromatic N) is 4. The quantitative estimate of drug-likeness (QED) is 0.537. The van der Waals surface area contributed by atoms with Crippen LogP contribution in [0.15, 0.2) is 85.3 Å². The Labute approximate surface area is 169 Å². The van der Waals surface area contributed by atoms with Crippen LogP contribution in [0.5, 0.6) is 0 Å². The van der Waals surface area contributed by atoms with Crippen molar-refractivity contribution in [2.45, 2.75) is 13.0 Å². The van der Waals surface area contributed by atoms with Crippen LogP contribution in [-0.4, -0.2) is 32.1 Å². The minimum Gasteiger partial charge on any atom is -0.334 e. The number of fused-ring (bicyclic) bond motifs is 1. The third-order valence-electron chi connectivity index (χ3n) is 5.32. The van der Waals surface area contributed by atoms with Gasteiger partial charge in [-0.15, -0.1) is 0 Å². The molecule has 0 atom stereocenters. The first kappa shape index (κ1) is 17.4. The van der Waals surface area contributed by atoms with Gasteiger partial charge in [-0.25, -0.2) is 4.68 Å². The Bertz CT molecular complexity index is 1150. The molecular weight excluding hydrogens is 360 g/mol. The van der Waals surface area contributed by atoms with E-state index in [1.807, 2.05) is 59.6 Å². The second-order valence-corrected chi connectivity index (χ2v) is 7.16. The number of carbonyl (C=O) groups is 1. The molecule has 1 aliphatic rings. The Morgan fingerprint density at radius 2 is 1.69 bits per heavy atom. The first-order chi connectivity index (χ1) is 14.3. The largest absolute Gasteiger partial charge is 0.334 e. The van der Waals surface area contributed by atoms with E-state index in [1.54, 1.807) is 17.1 Å². The number of pyridine rings is 1. The first-order valence-electron chi connectivity index (χ1n) is 9.71. The van der Waals surface area contributed by atoms with Crippen LogP contribution >= 0.6 is 0 Å². The van der Waals surface area contributed by atoms with Crippen molar-refractivity contribution in [1.29, 1.82) is 0 Å². The number of hydrogen-bond donors (Lipinski definition) is 0. The molecule has 142 valence electrons. The number of carbonyl (C=O) groups excluding carboxylic acids is 1. The lowest BCUT2D eigenvalue weighted by Crippen LogP contribution is -2.36. The highest BCUT2D eigenvalue weighted by molar-refractivity contribution is 6.00. The van der Waals surface area contributed by atoms with Gasteiger partial charge in [0, 0.05) is 37.2 Å². The zero-order valence-corrected chi connectivity index (χ0v) is 15.9. The fraction of sp³-hybridized carbons (Fsp3) is 0.125. The van der Waals surface area contributed by atoms with Gasteiger partial charge >= 0.3 is 0 Å². The summed E-state index contributed by atoms with van der Waals surface area (Å²) < 4.78 is 1.77. The smallest absolute Gasteiger partial charge is 0.258 e. The Balaban J connectivity index is 1.55. The first-order valence-corrected chi connectivity index (χ1v) is 9.71. The lowest BCUT2D eigenvalue weighted by molar-refractivity contribution is 0.0735. The Hall–Kier alpha value is -3.73. The van der Waals surface area contributed by atoms with Crippen LogP contribution < -0.4 is 0 Å². The molecule has 1 amide bonds. The van der Waals surface area contributed by atoms with Crippen LogP contribution in [0.4, 0.5) is 0 Å². The summed E-state index contributed by atoms with van der Waals surface area (Å²) in [5, 5.41) is 4.74. The number of aromatic nitrogens is 3. The molecule has 3 heterocycles. The molecule has 0 fully saturated rings. The molecule has 0 unspecified atom stereocenters. The predicted molar refractivity (Wildman–Crippen MR) is 112 cm³/mol. The molecule has 2 aromatic carbocycles.